The van der Waals surface area contributed by atoms with Crippen LogP contribution in [-0.2, 0) is 9.57 Å². The van der Waals surface area contributed by atoms with E-state index in [1.54, 1.807) is 0 Å². The van der Waals surface area contributed by atoms with E-state index in [9.17, 15) is 5.11 Å². The smallest absolute Gasteiger partial charge is 0.150 e. The molecule has 2 saturated heterocycles. The van der Waals surface area contributed by atoms with Crippen LogP contribution in [0.1, 0.15) is 37.3 Å². The van der Waals surface area contributed by atoms with Gasteiger partial charge in [0.2, 0.25) is 0 Å². The number of rotatable bonds is 3. The molecule has 4 nitrogen and oxygen atoms in total. The number of hydrogen-bond acceptors (Lipinski definition) is 4. The number of aliphatic hydroxyl groups is 1. The molecule has 0 aromatic heterocycles. The third-order valence-electron chi connectivity index (χ3n) is 5.07. The summed E-state index contributed by atoms with van der Waals surface area (Å²) in [5.41, 5.74) is 1.01. The van der Waals surface area contributed by atoms with Crippen molar-refractivity contribution in [3.8, 4) is 0 Å². The van der Waals surface area contributed by atoms with Crippen molar-refractivity contribution in [1.82, 2.24) is 5.06 Å². The van der Waals surface area contributed by atoms with Gasteiger partial charge in [0.25, 0.3) is 0 Å². The van der Waals surface area contributed by atoms with Crippen molar-refractivity contribution in [2.75, 3.05) is 13.2 Å². The highest BCUT2D eigenvalue weighted by Gasteiger charge is 2.63. The highest BCUT2D eigenvalue weighted by atomic mass is 16.8. The SMILES string of the molecule is OCC[C@@H]1ON2[C@H](c3ccccc3)CO[C@]23CCC[C@H]13. The summed E-state index contributed by atoms with van der Waals surface area (Å²) in [5, 5.41) is 11.4. The monoisotopic (exact) mass is 275 g/mol. The Kier molecular flexibility index (Phi) is 3.07. The van der Waals surface area contributed by atoms with Gasteiger partial charge in [-0.3, -0.25) is 4.84 Å². The molecular weight excluding hydrogens is 254 g/mol. The zero-order valence-electron chi connectivity index (χ0n) is 11.6. The molecule has 2 heterocycles. The highest BCUT2D eigenvalue weighted by Crippen LogP contribution is 2.56. The summed E-state index contributed by atoms with van der Waals surface area (Å²) >= 11 is 0. The van der Waals surface area contributed by atoms with E-state index in [-0.39, 0.29) is 24.5 Å². The predicted octanol–water partition coefficient (Wildman–Crippen LogP) is 2.25. The Morgan fingerprint density at radius 1 is 1.30 bits per heavy atom. The molecule has 3 fully saturated rings. The van der Waals surface area contributed by atoms with Crippen LogP contribution in [0.5, 0.6) is 0 Å². The Morgan fingerprint density at radius 3 is 2.95 bits per heavy atom. The van der Waals surface area contributed by atoms with Crippen molar-refractivity contribution in [3.63, 3.8) is 0 Å². The van der Waals surface area contributed by atoms with E-state index >= 15 is 0 Å². The van der Waals surface area contributed by atoms with E-state index in [2.05, 4.69) is 29.3 Å². The molecule has 4 heteroatoms. The number of hydroxylamine groups is 2. The van der Waals surface area contributed by atoms with E-state index in [1.807, 2.05) is 6.07 Å². The molecule has 1 aliphatic carbocycles. The number of aliphatic hydroxyl groups excluding tert-OH is 1. The maximum absolute atomic E-state index is 9.25. The minimum Gasteiger partial charge on any atom is -0.396 e. The zero-order valence-corrected chi connectivity index (χ0v) is 11.6. The summed E-state index contributed by atoms with van der Waals surface area (Å²) in [5.74, 6) is 0.406. The molecular formula is C16H21NO3. The molecule has 4 rings (SSSR count). The molecule has 108 valence electrons. The lowest BCUT2D eigenvalue weighted by molar-refractivity contribution is -0.228. The van der Waals surface area contributed by atoms with Crippen LogP contribution in [0.2, 0.25) is 0 Å². The van der Waals surface area contributed by atoms with Gasteiger partial charge in [-0.2, -0.15) is 0 Å². The average molecular weight is 275 g/mol. The molecule has 2 aliphatic heterocycles. The number of nitrogens with zero attached hydrogens (tertiary/aromatic N) is 1. The van der Waals surface area contributed by atoms with Crippen LogP contribution in [-0.4, -0.2) is 35.2 Å². The van der Waals surface area contributed by atoms with Gasteiger partial charge < -0.3 is 9.84 Å². The first-order valence-electron chi connectivity index (χ1n) is 7.61. The quantitative estimate of drug-likeness (QED) is 0.918. The standard InChI is InChI=1S/C16H21NO3/c18-10-8-15-13-7-4-9-16(13)17(20-15)14(11-19-16)12-5-2-1-3-6-12/h1-3,5-6,13-15,18H,4,7-11H2/t13-,14+,15+,16+/m1/s1. The Bertz CT molecular complexity index is 480. The molecule has 4 atom stereocenters. The first kappa shape index (κ1) is 12.8. The van der Waals surface area contributed by atoms with Crippen LogP contribution in [0.3, 0.4) is 0 Å². The van der Waals surface area contributed by atoms with Gasteiger partial charge in [-0.1, -0.05) is 30.3 Å². The Morgan fingerprint density at radius 2 is 2.15 bits per heavy atom. The van der Waals surface area contributed by atoms with E-state index in [4.69, 9.17) is 9.57 Å². The molecule has 1 N–H and O–H groups in total. The first-order valence-corrected chi connectivity index (χ1v) is 7.61. The fourth-order valence-corrected chi connectivity index (χ4v) is 4.20. The highest BCUT2D eigenvalue weighted by molar-refractivity contribution is 5.21. The number of benzene rings is 1. The molecule has 1 aromatic rings. The lowest BCUT2D eigenvalue weighted by atomic mass is 9.92. The molecule has 0 amide bonds. The Balaban J connectivity index is 1.65. The van der Waals surface area contributed by atoms with E-state index in [1.165, 1.54) is 12.0 Å². The van der Waals surface area contributed by atoms with Gasteiger partial charge in [0.1, 0.15) is 5.72 Å². The third-order valence-corrected chi connectivity index (χ3v) is 5.07. The van der Waals surface area contributed by atoms with Crippen molar-refractivity contribution >= 4 is 0 Å². The molecule has 0 bridgehead atoms. The summed E-state index contributed by atoms with van der Waals surface area (Å²) in [7, 11) is 0. The van der Waals surface area contributed by atoms with Crippen molar-refractivity contribution in [2.45, 2.75) is 43.6 Å². The van der Waals surface area contributed by atoms with Gasteiger partial charge in [-0.25, -0.2) is 0 Å². The Hall–Kier alpha value is -0.940. The predicted molar refractivity (Wildman–Crippen MR) is 73.6 cm³/mol. The molecule has 0 unspecified atom stereocenters. The molecule has 1 aromatic carbocycles. The van der Waals surface area contributed by atoms with E-state index in [0.717, 1.165) is 12.8 Å². The lowest BCUT2D eigenvalue weighted by Crippen LogP contribution is -2.41. The zero-order chi connectivity index (χ0) is 13.6. The molecule has 3 aliphatic rings. The third kappa shape index (κ3) is 1.69. The maximum Gasteiger partial charge on any atom is 0.150 e. The topological polar surface area (TPSA) is 41.9 Å². The summed E-state index contributed by atoms with van der Waals surface area (Å²) in [6.45, 7) is 0.882. The van der Waals surface area contributed by atoms with Gasteiger partial charge in [-0.05, 0) is 31.2 Å². The van der Waals surface area contributed by atoms with Crippen LogP contribution in [0, 0.1) is 5.92 Å². The van der Waals surface area contributed by atoms with Gasteiger partial charge in [-0.15, -0.1) is 5.06 Å². The summed E-state index contributed by atoms with van der Waals surface area (Å²) in [6, 6.07) is 10.6. The molecule has 20 heavy (non-hydrogen) atoms. The van der Waals surface area contributed by atoms with Crippen molar-refractivity contribution in [2.24, 2.45) is 5.92 Å². The normalized spacial score (nSPS) is 40.0. The van der Waals surface area contributed by atoms with Crippen LogP contribution in [0.4, 0.5) is 0 Å². The molecule has 1 spiro atoms. The van der Waals surface area contributed by atoms with Gasteiger partial charge in [0.05, 0.1) is 18.8 Å². The molecule has 0 radical (unpaired) electrons. The fourth-order valence-electron chi connectivity index (χ4n) is 4.20. The number of hydrogen-bond donors (Lipinski definition) is 1. The van der Waals surface area contributed by atoms with Crippen molar-refractivity contribution in [1.29, 1.82) is 0 Å². The summed E-state index contributed by atoms with van der Waals surface area (Å²) < 4.78 is 6.25. The second-order valence-electron chi connectivity index (χ2n) is 6.06. The number of ether oxygens (including phenoxy) is 1. The van der Waals surface area contributed by atoms with Crippen LogP contribution in [0.25, 0.3) is 0 Å². The van der Waals surface area contributed by atoms with Crippen LogP contribution in [0.15, 0.2) is 30.3 Å². The molecule has 1 saturated carbocycles. The fraction of sp³-hybridized carbons (Fsp3) is 0.625. The maximum atomic E-state index is 9.25. The van der Waals surface area contributed by atoms with Gasteiger partial charge >= 0.3 is 0 Å². The van der Waals surface area contributed by atoms with E-state index < -0.39 is 0 Å². The second kappa shape index (κ2) is 4.81. The summed E-state index contributed by atoms with van der Waals surface area (Å²) in [4.78, 5) is 6.20. The first-order chi connectivity index (χ1) is 9.85. The van der Waals surface area contributed by atoms with Crippen LogP contribution < -0.4 is 0 Å². The van der Waals surface area contributed by atoms with Crippen molar-refractivity contribution in [3.05, 3.63) is 35.9 Å². The largest absolute Gasteiger partial charge is 0.396 e. The second-order valence-corrected chi connectivity index (χ2v) is 6.06. The van der Waals surface area contributed by atoms with Crippen LogP contribution >= 0.6 is 0 Å². The lowest BCUT2D eigenvalue weighted by Gasteiger charge is -2.30. The van der Waals surface area contributed by atoms with E-state index in [0.29, 0.717) is 18.9 Å². The van der Waals surface area contributed by atoms with Gasteiger partial charge in [0, 0.05) is 12.5 Å². The van der Waals surface area contributed by atoms with Crippen molar-refractivity contribution < 1.29 is 14.7 Å². The average Bonchev–Trinajstić information content (AvgIpc) is 3.11. The minimum atomic E-state index is -0.236. The van der Waals surface area contributed by atoms with Gasteiger partial charge in [0.15, 0.2) is 0 Å². The Labute approximate surface area is 119 Å². The minimum absolute atomic E-state index is 0.106. The summed E-state index contributed by atoms with van der Waals surface area (Å²) in [6.07, 6.45) is 4.18.